The van der Waals surface area contributed by atoms with Gasteiger partial charge in [-0.2, -0.15) is 0 Å². The zero-order valence-corrected chi connectivity index (χ0v) is 15.9. The van der Waals surface area contributed by atoms with Gasteiger partial charge < -0.3 is 15.0 Å². The Morgan fingerprint density at radius 2 is 1.93 bits per heavy atom. The van der Waals surface area contributed by atoms with Crippen molar-refractivity contribution < 1.29 is 14.3 Å². The summed E-state index contributed by atoms with van der Waals surface area (Å²) in [5, 5.41) is 4.13. The number of aromatic amines is 1. The van der Waals surface area contributed by atoms with Crippen molar-refractivity contribution in [3.63, 3.8) is 0 Å². The van der Waals surface area contributed by atoms with E-state index in [0.717, 1.165) is 0 Å². The van der Waals surface area contributed by atoms with Crippen LogP contribution in [0, 0.1) is 0 Å². The molecule has 3 rings (SSSR count). The van der Waals surface area contributed by atoms with E-state index in [1.165, 1.54) is 12.2 Å². The summed E-state index contributed by atoms with van der Waals surface area (Å²) >= 11 is 12.4. The van der Waals surface area contributed by atoms with Crippen LogP contribution in [-0.4, -0.2) is 23.5 Å². The van der Waals surface area contributed by atoms with Gasteiger partial charge in [0.2, 0.25) is 5.91 Å². The van der Waals surface area contributed by atoms with E-state index < -0.39 is 5.97 Å². The summed E-state index contributed by atoms with van der Waals surface area (Å²) in [6.07, 6.45) is 2.87. The number of rotatable bonds is 5. The number of halogens is 2. The molecule has 0 atom stereocenters. The second kappa shape index (κ2) is 8.29. The molecule has 0 bridgehead atoms. The Morgan fingerprint density at radius 1 is 1.19 bits per heavy atom. The second-order valence-electron chi connectivity index (χ2n) is 5.63. The number of aromatic nitrogens is 1. The number of anilines is 1. The van der Waals surface area contributed by atoms with Crippen LogP contribution >= 0.6 is 23.2 Å². The Balaban J connectivity index is 1.99. The van der Waals surface area contributed by atoms with E-state index in [9.17, 15) is 9.59 Å². The number of para-hydroxylation sites is 1. The van der Waals surface area contributed by atoms with Crippen molar-refractivity contribution in [3.8, 4) is 0 Å². The molecule has 2 aromatic carbocycles. The molecule has 0 aliphatic heterocycles. The fourth-order valence-corrected chi connectivity index (χ4v) is 3.26. The first-order chi connectivity index (χ1) is 13.0. The molecule has 0 radical (unpaired) electrons. The molecule has 0 saturated heterocycles. The monoisotopic (exact) mass is 402 g/mol. The number of benzene rings is 2. The first kappa shape index (κ1) is 19.0. The summed E-state index contributed by atoms with van der Waals surface area (Å²) < 4.78 is 5.09. The minimum absolute atomic E-state index is 0.208. The highest BCUT2D eigenvalue weighted by Gasteiger charge is 2.19. The Kier molecular flexibility index (Phi) is 5.84. The molecule has 0 aliphatic rings. The molecule has 0 fully saturated rings. The van der Waals surface area contributed by atoms with Gasteiger partial charge in [-0.3, -0.25) is 4.79 Å². The highest BCUT2D eigenvalue weighted by atomic mass is 35.5. The third kappa shape index (κ3) is 4.32. The molecule has 1 heterocycles. The van der Waals surface area contributed by atoms with Gasteiger partial charge in [0, 0.05) is 33.3 Å². The summed E-state index contributed by atoms with van der Waals surface area (Å²) in [4.78, 5) is 27.5. The number of hydrogen-bond acceptors (Lipinski definition) is 3. The highest BCUT2D eigenvalue weighted by molar-refractivity contribution is 6.39. The van der Waals surface area contributed by atoms with Gasteiger partial charge in [-0.05, 0) is 37.3 Å². The number of carbonyl (C=O) groups excluding carboxylic acids is 2. The predicted octanol–water partition coefficient (Wildman–Crippen LogP) is 5.30. The van der Waals surface area contributed by atoms with Crippen molar-refractivity contribution in [2.75, 3.05) is 11.9 Å². The molecule has 138 valence electrons. The molecule has 0 saturated carbocycles. The standard InChI is InChI=1S/C20H16Cl2N2O3/c1-2-27-20(26)19-14(18-15(22)10-12(21)11-16(18)24-19)8-9-17(25)23-13-6-4-3-5-7-13/h3-11,24H,2H2,1H3,(H,23,25)/b9-8+. The lowest BCUT2D eigenvalue weighted by molar-refractivity contribution is -0.111. The maximum Gasteiger partial charge on any atom is 0.355 e. The van der Waals surface area contributed by atoms with E-state index in [4.69, 9.17) is 27.9 Å². The first-order valence-electron chi connectivity index (χ1n) is 8.21. The Morgan fingerprint density at radius 3 is 2.63 bits per heavy atom. The second-order valence-corrected chi connectivity index (χ2v) is 6.48. The molecule has 1 amide bonds. The predicted molar refractivity (Wildman–Crippen MR) is 108 cm³/mol. The molecule has 1 aromatic heterocycles. The van der Waals surface area contributed by atoms with Crippen molar-refractivity contribution in [1.82, 2.24) is 4.98 Å². The number of nitrogens with one attached hydrogen (secondary N) is 2. The number of esters is 1. The van der Waals surface area contributed by atoms with Crippen molar-refractivity contribution in [2.45, 2.75) is 6.92 Å². The summed E-state index contributed by atoms with van der Waals surface area (Å²) in [7, 11) is 0. The number of H-pyrrole nitrogens is 1. The van der Waals surface area contributed by atoms with Gasteiger partial charge in [0.05, 0.1) is 11.6 Å². The molecular formula is C20H16Cl2N2O3. The fourth-order valence-electron chi connectivity index (χ4n) is 2.67. The lowest BCUT2D eigenvalue weighted by Gasteiger charge is -2.03. The Hall–Kier alpha value is -2.76. The molecule has 0 aliphatic carbocycles. The van der Waals surface area contributed by atoms with Gasteiger partial charge >= 0.3 is 5.97 Å². The summed E-state index contributed by atoms with van der Waals surface area (Å²) in [6, 6.07) is 12.3. The Bertz CT molecular complexity index is 1030. The number of carbonyl (C=O) groups is 2. The van der Waals surface area contributed by atoms with Gasteiger partial charge in [-0.1, -0.05) is 41.4 Å². The maximum atomic E-state index is 12.3. The molecule has 27 heavy (non-hydrogen) atoms. The lowest BCUT2D eigenvalue weighted by atomic mass is 10.1. The van der Waals surface area contributed by atoms with Crippen LogP contribution in [0.2, 0.25) is 10.0 Å². The van der Waals surface area contributed by atoms with Gasteiger partial charge in [0.1, 0.15) is 5.69 Å². The zero-order chi connectivity index (χ0) is 19.4. The maximum absolute atomic E-state index is 12.3. The number of hydrogen-bond donors (Lipinski definition) is 2. The van der Waals surface area contributed by atoms with Crippen LogP contribution < -0.4 is 5.32 Å². The third-order valence-electron chi connectivity index (χ3n) is 3.78. The van der Waals surface area contributed by atoms with Crippen LogP contribution in [0.4, 0.5) is 5.69 Å². The molecule has 2 N–H and O–H groups in total. The minimum Gasteiger partial charge on any atom is -0.461 e. The van der Waals surface area contributed by atoms with Crippen molar-refractivity contribution in [3.05, 3.63) is 69.8 Å². The van der Waals surface area contributed by atoms with Crippen LogP contribution in [0.25, 0.3) is 17.0 Å². The average Bonchev–Trinajstić information content (AvgIpc) is 3.00. The number of amides is 1. The number of ether oxygens (including phenoxy) is 1. The van der Waals surface area contributed by atoms with E-state index in [-0.39, 0.29) is 18.2 Å². The van der Waals surface area contributed by atoms with Crippen LogP contribution in [0.15, 0.2) is 48.5 Å². The van der Waals surface area contributed by atoms with Crippen LogP contribution in [0.1, 0.15) is 23.0 Å². The SMILES string of the molecule is CCOC(=O)c1[nH]c2cc(Cl)cc(Cl)c2c1/C=C/C(=O)Nc1ccccc1. The molecule has 5 nitrogen and oxygen atoms in total. The summed E-state index contributed by atoms with van der Waals surface area (Å²) in [5.41, 5.74) is 1.92. The quantitative estimate of drug-likeness (QED) is 0.448. The average molecular weight is 403 g/mol. The van der Waals surface area contributed by atoms with E-state index in [1.807, 2.05) is 18.2 Å². The molecule has 7 heteroatoms. The summed E-state index contributed by atoms with van der Waals surface area (Å²) in [5.74, 6) is -0.876. The summed E-state index contributed by atoms with van der Waals surface area (Å²) in [6.45, 7) is 1.94. The van der Waals surface area contributed by atoms with E-state index in [1.54, 1.807) is 31.2 Å². The zero-order valence-electron chi connectivity index (χ0n) is 14.4. The lowest BCUT2D eigenvalue weighted by Crippen LogP contribution is -2.08. The van der Waals surface area contributed by atoms with Crippen LogP contribution in [-0.2, 0) is 9.53 Å². The number of fused-ring (bicyclic) bond motifs is 1. The molecule has 0 spiro atoms. The molecular weight excluding hydrogens is 387 g/mol. The van der Waals surface area contributed by atoms with Crippen molar-refractivity contribution in [1.29, 1.82) is 0 Å². The topological polar surface area (TPSA) is 71.2 Å². The molecule has 3 aromatic rings. The minimum atomic E-state index is -0.538. The Labute approximate surface area is 165 Å². The van der Waals surface area contributed by atoms with E-state index in [0.29, 0.717) is 32.2 Å². The van der Waals surface area contributed by atoms with Gasteiger partial charge in [-0.25, -0.2) is 4.79 Å². The normalized spacial score (nSPS) is 11.1. The van der Waals surface area contributed by atoms with Crippen molar-refractivity contribution >= 4 is 57.7 Å². The first-order valence-corrected chi connectivity index (χ1v) is 8.97. The van der Waals surface area contributed by atoms with Crippen molar-refractivity contribution in [2.24, 2.45) is 0 Å². The van der Waals surface area contributed by atoms with Gasteiger partial charge in [0.25, 0.3) is 0 Å². The fraction of sp³-hybridized carbons (Fsp3) is 0.100. The van der Waals surface area contributed by atoms with E-state index >= 15 is 0 Å². The van der Waals surface area contributed by atoms with Gasteiger partial charge in [-0.15, -0.1) is 0 Å². The van der Waals surface area contributed by atoms with Crippen LogP contribution in [0.3, 0.4) is 0 Å². The van der Waals surface area contributed by atoms with Gasteiger partial charge in [0.15, 0.2) is 0 Å². The van der Waals surface area contributed by atoms with E-state index in [2.05, 4.69) is 10.3 Å². The largest absolute Gasteiger partial charge is 0.461 e. The molecule has 0 unspecified atom stereocenters. The highest BCUT2D eigenvalue weighted by Crippen LogP contribution is 2.33. The third-order valence-corrected chi connectivity index (χ3v) is 4.29. The van der Waals surface area contributed by atoms with Crippen LogP contribution in [0.5, 0.6) is 0 Å². The smallest absolute Gasteiger partial charge is 0.355 e.